The number of benzene rings is 4. The lowest BCUT2D eigenvalue weighted by Gasteiger charge is -2.08. The van der Waals surface area contributed by atoms with Crippen molar-refractivity contribution in [3.63, 3.8) is 0 Å². The summed E-state index contributed by atoms with van der Waals surface area (Å²) in [6.07, 6.45) is 3.26. The highest BCUT2D eigenvalue weighted by molar-refractivity contribution is 9.10. The highest BCUT2D eigenvalue weighted by Gasteiger charge is 2.22. The van der Waals surface area contributed by atoms with E-state index in [0.717, 1.165) is 43.4 Å². The Morgan fingerprint density at radius 3 is 1.54 bits per heavy atom. The number of carboxylic acids is 1. The molecular weight excluding hydrogens is 1070 g/mol. The fraction of sp³-hybridized carbons (Fsp3) is 0.143. The predicted molar refractivity (Wildman–Crippen MR) is 286 cm³/mol. The Hall–Kier alpha value is -5.40. The number of carbonyl (C=O) groups excluding carboxylic acids is 1. The first-order valence-electron chi connectivity index (χ1n) is 20.8. The number of aromatic nitrogens is 4. The number of thiazole rings is 2. The summed E-state index contributed by atoms with van der Waals surface area (Å²) in [5.74, 6) is -0.484. The van der Waals surface area contributed by atoms with Gasteiger partial charge >= 0.3 is 19.1 Å². The number of rotatable bonds is 12. The number of nitrogens with zero attached hydrogens (tertiary/aromatic N) is 4. The molecule has 8 rings (SSSR count). The number of esters is 1. The van der Waals surface area contributed by atoms with Gasteiger partial charge in [0, 0.05) is 43.3 Å². The third kappa shape index (κ3) is 13.9. The molecule has 0 aliphatic carbocycles. The number of hydrogen-bond donors (Lipinski definition) is 5. The van der Waals surface area contributed by atoms with Crippen LogP contribution in [0.5, 0.6) is 0 Å². The lowest BCUT2D eigenvalue weighted by Crippen LogP contribution is -2.29. The van der Waals surface area contributed by atoms with E-state index in [0.29, 0.717) is 51.7 Å². The second kappa shape index (κ2) is 24.4. The number of nitrogens with one attached hydrogen (secondary N) is 2. The minimum atomic E-state index is -1.34. The van der Waals surface area contributed by atoms with Crippen LogP contribution in [0.25, 0.3) is 33.6 Å². The van der Waals surface area contributed by atoms with E-state index < -0.39 is 19.1 Å². The predicted octanol–water partition coefficient (Wildman–Crippen LogP) is 14.0. The second-order valence-corrected chi connectivity index (χ2v) is 20.0. The van der Waals surface area contributed by atoms with Gasteiger partial charge < -0.3 is 30.5 Å². The number of carbonyl (C=O) groups is 2. The Morgan fingerprint density at radius 2 is 1.10 bits per heavy atom. The molecule has 0 radical (unpaired) electrons. The zero-order chi connectivity index (χ0) is 49.9. The van der Waals surface area contributed by atoms with Crippen LogP contribution in [0, 0.1) is 0 Å². The molecule has 0 aliphatic rings. The summed E-state index contributed by atoms with van der Waals surface area (Å²) >= 11 is 30.8. The average Bonchev–Trinajstić information content (AvgIpc) is 3.97. The summed E-state index contributed by atoms with van der Waals surface area (Å²) in [6.45, 7) is 8.34. The molecule has 0 atom stereocenters. The summed E-state index contributed by atoms with van der Waals surface area (Å²) in [5, 5.41) is 36.2. The topological polar surface area (TPSA) is 180 Å². The Kier molecular flexibility index (Phi) is 18.8. The van der Waals surface area contributed by atoms with E-state index in [1.807, 2.05) is 48.5 Å². The number of methoxy groups -OCH3 is 1. The minimum Gasteiger partial charge on any atom is -0.478 e. The van der Waals surface area contributed by atoms with E-state index >= 15 is 0 Å². The minimum absolute atomic E-state index is 0.0729. The van der Waals surface area contributed by atoms with Crippen LogP contribution in [0.15, 0.2) is 126 Å². The van der Waals surface area contributed by atoms with E-state index in [2.05, 4.69) is 64.2 Å². The number of ether oxygens (including phenoxy) is 1. The smallest absolute Gasteiger partial charge is 0.478 e. The quantitative estimate of drug-likeness (QED) is 0.0578. The number of pyridine rings is 2. The molecule has 0 spiro atoms. The molecule has 0 aliphatic heterocycles. The molecule has 4 heterocycles. The van der Waals surface area contributed by atoms with Gasteiger partial charge in [0.25, 0.3) is 0 Å². The number of hydrogen-bond acceptors (Lipinski definition) is 13. The van der Waals surface area contributed by atoms with Crippen LogP contribution in [0.2, 0.25) is 20.1 Å². The van der Waals surface area contributed by atoms with E-state index in [-0.39, 0.29) is 23.2 Å². The molecule has 0 bridgehead atoms. The van der Waals surface area contributed by atoms with Gasteiger partial charge in [-0.15, -0.1) is 22.7 Å². The van der Waals surface area contributed by atoms with Crippen LogP contribution >= 0.6 is 85.0 Å². The molecule has 4 aromatic heterocycles. The molecule has 354 valence electrons. The molecule has 0 saturated heterocycles. The van der Waals surface area contributed by atoms with Gasteiger partial charge in [0.05, 0.1) is 38.6 Å². The van der Waals surface area contributed by atoms with Gasteiger partial charge in [0.1, 0.15) is 22.8 Å². The van der Waals surface area contributed by atoms with Crippen LogP contribution in [-0.2, 0) is 4.74 Å². The Balaban J connectivity index is 0.000000193. The molecule has 0 unspecified atom stereocenters. The first-order valence-corrected chi connectivity index (χ1v) is 24.8. The summed E-state index contributed by atoms with van der Waals surface area (Å²) < 4.78 is 5.52. The Labute approximate surface area is 435 Å². The van der Waals surface area contributed by atoms with Crippen molar-refractivity contribution in [1.29, 1.82) is 0 Å². The molecule has 0 amide bonds. The first-order chi connectivity index (χ1) is 32.9. The molecule has 8 aromatic rings. The largest absolute Gasteiger partial charge is 0.488 e. The van der Waals surface area contributed by atoms with E-state index in [4.69, 9.17) is 71.2 Å². The molecule has 20 heteroatoms. The van der Waals surface area contributed by atoms with Crippen molar-refractivity contribution in [2.24, 2.45) is 0 Å². The number of carboxylic acid groups (broad SMARTS) is 1. The van der Waals surface area contributed by atoms with E-state index in [1.165, 1.54) is 29.8 Å². The third-order valence-corrected chi connectivity index (χ3v) is 14.2. The summed E-state index contributed by atoms with van der Waals surface area (Å²) in [7, 11) is -0.0125. The Bertz CT molecular complexity index is 3080. The van der Waals surface area contributed by atoms with E-state index in [9.17, 15) is 14.7 Å². The average molecular weight is 1110 g/mol. The van der Waals surface area contributed by atoms with Gasteiger partial charge in [-0.2, -0.15) is 0 Å². The van der Waals surface area contributed by atoms with E-state index in [1.54, 1.807) is 73.1 Å². The second-order valence-electron chi connectivity index (χ2n) is 15.4. The van der Waals surface area contributed by atoms with Gasteiger partial charge in [0.2, 0.25) is 0 Å². The van der Waals surface area contributed by atoms with Gasteiger partial charge in [-0.25, -0.2) is 29.5 Å². The molecule has 0 saturated carbocycles. The van der Waals surface area contributed by atoms with Crippen molar-refractivity contribution in [2.45, 2.75) is 39.5 Å². The molecule has 12 nitrogen and oxygen atoms in total. The highest BCUT2D eigenvalue weighted by Crippen LogP contribution is 2.41. The van der Waals surface area contributed by atoms with Gasteiger partial charge in [-0.05, 0) is 75.2 Å². The summed E-state index contributed by atoms with van der Waals surface area (Å²) in [5.41, 5.74) is 5.86. The number of anilines is 4. The van der Waals surface area contributed by atoms with Crippen molar-refractivity contribution in [3.8, 4) is 33.6 Å². The van der Waals surface area contributed by atoms with Gasteiger partial charge in [-0.3, -0.25) is 0 Å². The first kappa shape index (κ1) is 53.0. The molecule has 0 fully saturated rings. The fourth-order valence-corrected chi connectivity index (χ4v) is 9.31. The summed E-state index contributed by atoms with van der Waals surface area (Å²) in [6, 6.07) is 32.3. The van der Waals surface area contributed by atoms with Crippen LogP contribution < -0.4 is 16.1 Å². The monoisotopic (exact) mass is 1100 g/mol. The maximum atomic E-state index is 12.1. The molecular formula is C49H42BBrCl4N6O6S2. The lowest BCUT2D eigenvalue weighted by molar-refractivity contribution is 0.0600. The standard InChI is InChI=1S/C24H19Cl2N3O2S.C19H16BrCl2N3O2S.C6H7BO2/c1-13(2)21-20(15-8-9-18(25)19(26)11-15)28-24(32-21)29-22-17(23(30)31)10-16(12-27-22)14-6-4-3-5-7-14;1-9(2)16-15(10-4-5-13(21)14(22)6-10)24-19(28-16)25-17-12(18(26)27-3)7-11(20)8-23-17;8-7(9)6-4-2-1-3-5-6/h3-13H,1-2H3,(H,30,31)(H,27,28,29);4-9H,1-3H3,(H,23,24,25);1-5,8-9H. The third-order valence-electron chi connectivity index (χ3n) is 9.77. The fourth-order valence-electron chi connectivity index (χ4n) is 6.40. The van der Waals surface area contributed by atoms with Crippen molar-refractivity contribution in [2.75, 3.05) is 17.7 Å². The normalized spacial score (nSPS) is 10.8. The molecule has 4 aromatic carbocycles. The van der Waals surface area contributed by atoms with Crippen LogP contribution in [-0.4, -0.2) is 61.3 Å². The van der Waals surface area contributed by atoms with Crippen LogP contribution in [0.3, 0.4) is 0 Å². The number of aromatic carboxylic acids is 1. The van der Waals surface area contributed by atoms with Crippen molar-refractivity contribution in [1.82, 2.24) is 19.9 Å². The van der Waals surface area contributed by atoms with Gasteiger partial charge in [-0.1, -0.05) is 147 Å². The van der Waals surface area contributed by atoms with Crippen molar-refractivity contribution >= 4 is 131 Å². The maximum absolute atomic E-state index is 12.1. The molecule has 5 N–H and O–H groups in total. The zero-order valence-corrected chi connectivity index (χ0v) is 43.6. The number of halogens is 5. The SMILES string of the molecule is CC(C)c1sc(Nc2ncc(-c3ccccc3)cc2C(=O)O)nc1-c1ccc(Cl)c(Cl)c1.COC(=O)c1cc(Br)cnc1Nc1nc(-c2ccc(Cl)c(Cl)c2)c(C(C)C)s1.OB(O)c1ccccc1. The van der Waals surface area contributed by atoms with Crippen molar-refractivity contribution < 1.29 is 29.5 Å². The lowest BCUT2D eigenvalue weighted by atomic mass is 9.81. The Morgan fingerprint density at radius 1 is 0.623 bits per heavy atom. The highest BCUT2D eigenvalue weighted by atomic mass is 79.9. The maximum Gasteiger partial charge on any atom is 0.488 e. The van der Waals surface area contributed by atoms with Gasteiger partial charge in [0.15, 0.2) is 10.3 Å². The molecule has 69 heavy (non-hydrogen) atoms. The van der Waals surface area contributed by atoms with Crippen LogP contribution in [0.1, 0.15) is 70.0 Å². The zero-order valence-electron chi connectivity index (χ0n) is 37.3. The summed E-state index contributed by atoms with van der Waals surface area (Å²) in [4.78, 5) is 44.3. The van der Waals surface area contributed by atoms with Crippen molar-refractivity contribution in [3.05, 3.63) is 167 Å². The van der Waals surface area contributed by atoms with Crippen LogP contribution in [0.4, 0.5) is 21.9 Å².